The fourth-order valence-corrected chi connectivity index (χ4v) is 3.66. The molecule has 1 unspecified atom stereocenters. The van der Waals surface area contributed by atoms with Crippen molar-refractivity contribution in [3.05, 3.63) is 36.4 Å². The number of furan rings is 1. The summed E-state index contributed by atoms with van der Waals surface area (Å²) in [6.45, 7) is 7.07. The number of amides is 1. The van der Waals surface area contributed by atoms with Crippen molar-refractivity contribution in [1.82, 2.24) is 15.2 Å². The Morgan fingerprint density at radius 3 is 3.23 bits per heavy atom. The van der Waals surface area contributed by atoms with Gasteiger partial charge in [0.05, 0.1) is 12.5 Å². The number of carbonyl (C=O) groups excluding carboxylic acids is 1. The Kier molecular flexibility index (Phi) is 3.22. The summed E-state index contributed by atoms with van der Waals surface area (Å²) in [6.07, 6.45) is 7.29. The highest BCUT2D eigenvalue weighted by atomic mass is 16.3. The number of pyridine rings is 1. The van der Waals surface area contributed by atoms with Crippen LogP contribution in [0.1, 0.15) is 28.9 Å². The van der Waals surface area contributed by atoms with Gasteiger partial charge < -0.3 is 14.6 Å². The van der Waals surface area contributed by atoms with Crippen molar-refractivity contribution in [3.8, 4) is 0 Å². The van der Waals surface area contributed by atoms with Crippen LogP contribution in [0, 0.1) is 5.92 Å². The van der Waals surface area contributed by atoms with Crippen LogP contribution in [0.3, 0.4) is 0 Å². The minimum absolute atomic E-state index is 0.106. The fourth-order valence-electron chi connectivity index (χ4n) is 3.66. The molecule has 22 heavy (non-hydrogen) atoms. The average molecular weight is 297 g/mol. The van der Waals surface area contributed by atoms with Crippen LogP contribution in [0.4, 0.5) is 0 Å². The Balaban J connectivity index is 1.53. The van der Waals surface area contributed by atoms with E-state index >= 15 is 0 Å². The SMILES string of the molecule is C=Cc1coc2cnc(C(=O)N[C@@H]3C[C@@H]4CCN(C4)C3)cc12. The quantitative estimate of drug-likeness (QED) is 0.944. The van der Waals surface area contributed by atoms with Gasteiger partial charge in [0, 0.05) is 30.1 Å². The normalized spacial score (nSPS) is 27.0. The molecule has 114 valence electrons. The lowest BCUT2D eigenvalue weighted by molar-refractivity contribution is 0.0904. The van der Waals surface area contributed by atoms with E-state index in [0.29, 0.717) is 11.3 Å². The molecule has 0 aromatic carbocycles. The predicted molar refractivity (Wildman–Crippen MR) is 84.5 cm³/mol. The van der Waals surface area contributed by atoms with Crippen LogP contribution in [0.25, 0.3) is 17.0 Å². The van der Waals surface area contributed by atoms with Crippen LogP contribution >= 0.6 is 0 Å². The van der Waals surface area contributed by atoms with Gasteiger partial charge in [0.25, 0.3) is 5.91 Å². The first-order valence-corrected chi connectivity index (χ1v) is 7.76. The summed E-state index contributed by atoms with van der Waals surface area (Å²) in [5.74, 6) is 0.626. The molecule has 2 saturated heterocycles. The Hall–Kier alpha value is -2.14. The molecular weight excluding hydrogens is 278 g/mol. The van der Waals surface area contributed by atoms with Crippen molar-refractivity contribution in [1.29, 1.82) is 0 Å². The highest BCUT2D eigenvalue weighted by molar-refractivity contribution is 5.97. The van der Waals surface area contributed by atoms with Gasteiger partial charge in [-0.05, 0) is 31.4 Å². The fraction of sp³-hybridized carbons (Fsp3) is 0.412. The highest BCUT2D eigenvalue weighted by Gasteiger charge is 2.33. The first-order valence-electron chi connectivity index (χ1n) is 7.76. The van der Waals surface area contributed by atoms with Crippen LogP contribution in [0.15, 0.2) is 29.5 Å². The van der Waals surface area contributed by atoms with Gasteiger partial charge in [-0.1, -0.05) is 12.7 Å². The Morgan fingerprint density at radius 2 is 2.41 bits per heavy atom. The van der Waals surface area contributed by atoms with Gasteiger partial charge in [-0.3, -0.25) is 4.79 Å². The van der Waals surface area contributed by atoms with Gasteiger partial charge in [0.15, 0.2) is 5.58 Å². The zero-order chi connectivity index (χ0) is 15.1. The van der Waals surface area contributed by atoms with E-state index in [2.05, 4.69) is 21.8 Å². The Labute approximate surface area is 129 Å². The van der Waals surface area contributed by atoms with Crippen LogP contribution in [0.2, 0.25) is 0 Å². The lowest BCUT2D eigenvalue weighted by Gasteiger charge is -2.30. The molecule has 2 aromatic rings. The lowest BCUT2D eigenvalue weighted by Crippen LogP contribution is -2.47. The van der Waals surface area contributed by atoms with E-state index < -0.39 is 0 Å². The molecule has 0 aliphatic carbocycles. The number of hydrogen-bond donors (Lipinski definition) is 1. The second-order valence-corrected chi connectivity index (χ2v) is 6.28. The summed E-state index contributed by atoms with van der Waals surface area (Å²) in [7, 11) is 0. The topological polar surface area (TPSA) is 58.4 Å². The molecule has 0 spiro atoms. The van der Waals surface area contributed by atoms with Gasteiger partial charge in [0.2, 0.25) is 0 Å². The smallest absolute Gasteiger partial charge is 0.270 e. The first-order chi connectivity index (χ1) is 10.7. The largest absolute Gasteiger partial charge is 0.462 e. The maximum absolute atomic E-state index is 12.5. The Bertz CT molecular complexity index is 725. The number of aromatic nitrogens is 1. The van der Waals surface area contributed by atoms with E-state index in [9.17, 15) is 4.79 Å². The van der Waals surface area contributed by atoms with E-state index in [4.69, 9.17) is 4.42 Å². The minimum atomic E-state index is -0.106. The predicted octanol–water partition coefficient (Wildman–Crippen LogP) is 2.29. The lowest BCUT2D eigenvalue weighted by atomic mass is 9.97. The number of rotatable bonds is 3. The summed E-state index contributed by atoms with van der Waals surface area (Å²) in [6, 6.07) is 2.01. The molecule has 2 fully saturated rings. The van der Waals surface area contributed by atoms with Gasteiger partial charge in [-0.25, -0.2) is 4.98 Å². The molecule has 4 rings (SSSR count). The van der Waals surface area contributed by atoms with Crippen molar-refractivity contribution >= 4 is 23.0 Å². The number of carbonyl (C=O) groups is 1. The molecule has 0 saturated carbocycles. The van der Waals surface area contributed by atoms with E-state index in [1.54, 1.807) is 24.6 Å². The zero-order valence-electron chi connectivity index (χ0n) is 12.4. The molecule has 1 N–H and O–H groups in total. The summed E-state index contributed by atoms with van der Waals surface area (Å²) in [5, 5.41) is 4.01. The highest BCUT2D eigenvalue weighted by Crippen LogP contribution is 2.27. The van der Waals surface area contributed by atoms with E-state index in [-0.39, 0.29) is 11.9 Å². The van der Waals surface area contributed by atoms with E-state index in [1.807, 2.05) is 0 Å². The van der Waals surface area contributed by atoms with E-state index in [0.717, 1.165) is 29.8 Å². The molecule has 4 heterocycles. The molecular formula is C17H19N3O2. The van der Waals surface area contributed by atoms with Crippen molar-refractivity contribution in [2.45, 2.75) is 18.9 Å². The van der Waals surface area contributed by atoms with Crippen LogP contribution in [-0.2, 0) is 0 Å². The maximum Gasteiger partial charge on any atom is 0.270 e. The molecule has 2 aliphatic rings. The van der Waals surface area contributed by atoms with Crippen molar-refractivity contribution < 1.29 is 9.21 Å². The molecule has 3 atom stereocenters. The van der Waals surface area contributed by atoms with Crippen LogP contribution in [-0.4, -0.2) is 41.5 Å². The summed E-state index contributed by atoms with van der Waals surface area (Å²) < 4.78 is 5.39. The number of nitrogens with one attached hydrogen (secondary N) is 1. The number of fused-ring (bicyclic) bond motifs is 3. The second-order valence-electron chi connectivity index (χ2n) is 6.28. The second kappa shape index (κ2) is 5.25. The third kappa shape index (κ3) is 2.31. The number of nitrogens with zero attached hydrogens (tertiary/aromatic N) is 2. The van der Waals surface area contributed by atoms with Crippen molar-refractivity contribution in [2.24, 2.45) is 5.92 Å². The van der Waals surface area contributed by atoms with Crippen molar-refractivity contribution in [3.63, 3.8) is 0 Å². The summed E-state index contributed by atoms with van der Waals surface area (Å²) in [4.78, 5) is 19.1. The number of hydrogen-bond acceptors (Lipinski definition) is 4. The average Bonchev–Trinajstić information content (AvgIpc) is 3.09. The van der Waals surface area contributed by atoms with E-state index in [1.165, 1.54) is 19.5 Å². The summed E-state index contributed by atoms with van der Waals surface area (Å²) in [5.41, 5.74) is 1.99. The molecule has 0 radical (unpaired) electrons. The van der Waals surface area contributed by atoms with Crippen molar-refractivity contribution in [2.75, 3.05) is 19.6 Å². The standard InChI is InChI=1S/C17H19N3O2/c1-2-12-10-22-16-7-18-15(6-14(12)16)17(21)19-13-5-11-3-4-20(8-11)9-13/h2,6-7,10-11,13H,1,3-5,8-9H2,(H,19,21)/t11-,13+/m0/s1. The molecule has 5 heteroatoms. The van der Waals surface area contributed by atoms with Crippen LogP contribution in [0.5, 0.6) is 0 Å². The molecule has 1 amide bonds. The molecule has 5 nitrogen and oxygen atoms in total. The van der Waals surface area contributed by atoms with Crippen LogP contribution < -0.4 is 5.32 Å². The van der Waals surface area contributed by atoms with Gasteiger partial charge >= 0.3 is 0 Å². The maximum atomic E-state index is 12.5. The third-order valence-electron chi connectivity index (χ3n) is 4.75. The molecule has 2 aliphatic heterocycles. The first kappa shape index (κ1) is 13.5. The van der Waals surface area contributed by atoms with Gasteiger partial charge in [-0.2, -0.15) is 0 Å². The third-order valence-corrected chi connectivity index (χ3v) is 4.75. The van der Waals surface area contributed by atoms with Gasteiger partial charge in [-0.15, -0.1) is 0 Å². The minimum Gasteiger partial charge on any atom is -0.462 e. The summed E-state index contributed by atoms with van der Waals surface area (Å²) >= 11 is 0. The van der Waals surface area contributed by atoms with Gasteiger partial charge in [0.1, 0.15) is 5.69 Å². The Morgan fingerprint density at radius 1 is 1.50 bits per heavy atom. The molecule has 2 bridgehead atoms. The number of piperidine rings is 1. The monoisotopic (exact) mass is 297 g/mol. The zero-order valence-corrected chi connectivity index (χ0v) is 12.4. The molecule has 2 aromatic heterocycles.